The van der Waals surface area contributed by atoms with Crippen molar-refractivity contribution in [3.05, 3.63) is 46.7 Å². The molecular formula is C26H28ClN5O3. The van der Waals surface area contributed by atoms with Crippen molar-refractivity contribution in [3.8, 4) is 17.1 Å². The molecule has 0 amide bonds. The molecule has 1 aliphatic carbocycles. The highest BCUT2D eigenvalue weighted by atomic mass is 35.5. The molecule has 2 atom stereocenters. The van der Waals surface area contributed by atoms with Crippen LogP contribution in [0.5, 0.6) is 5.75 Å². The van der Waals surface area contributed by atoms with E-state index in [1.54, 1.807) is 0 Å². The minimum Gasteiger partial charge on any atom is -0.491 e. The van der Waals surface area contributed by atoms with E-state index in [0.29, 0.717) is 34.8 Å². The lowest BCUT2D eigenvalue weighted by Crippen LogP contribution is -2.29. The molecule has 1 aromatic carbocycles. The normalized spacial score (nSPS) is 19.3. The number of hydrogen-bond donors (Lipinski definition) is 0. The van der Waals surface area contributed by atoms with Crippen molar-refractivity contribution < 1.29 is 14.2 Å². The van der Waals surface area contributed by atoms with Gasteiger partial charge in [-0.3, -0.25) is 4.40 Å². The number of benzene rings is 1. The zero-order valence-electron chi connectivity index (χ0n) is 19.9. The summed E-state index contributed by atoms with van der Waals surface area (Å²) in [5.74, 6) is 1.83. The molecule has 8 nitrogen and oxygen atoms in total. The molecule has 2 aliphatic rings. The zero-order valence-corrected chi connectivity index (χ0v) is 20.7. The molecule has 4 heterocycles. The first-order valence-electron chi connectivity index (χ1n) is 12.3. The summed E-state index contributed by atoms with van der Waals surface area (Å²) in [7, 11) is 0. The fourth-order valence-electron chi connectivity index (χ4n) is 4.53. The van der Waals surface area contributed by atoms with Crippen LogP contribution >= 0.6 is 11.6 Å². The monoisotopic (exact) mass is 493 g/mol. The van der Waals surface area contributed by atoms with Crippen LogP contribution < -0.4 is 4.74 Å². The van der Waals surface area contributed by atoms with E-state index in [-0.39, 0.29) is 12.4 Å². The van der Waals surface area contributed by atoms with Crippen molar-refractivity contribution in [2.75, 3.05) is 13.2 Å². The lowest BCUT2D eigenvalue weighted by molar-refractivity contribution is -0.189. The molecule has 1 saturated heterocycles. The predicted octanol–water partition coefficient (Wildman–Crippen LogP) is 5.49. The number of aromatic nitrogens is 5. The first-order chi connectivity index (χ1) is 17.1. The summed E-state index contributed by atoms with van der Waals surface area (Å²) in [6, 6.07) is 9.68. The molecule has 1 aliphatic heterocycles. The standard InChI is InChI=1S/C26H28ClN5O3/c1-15(35-23-5-3-4-12-33-23)14-34-18-8-9-20(27)19(13-18)25-31-30-24-16(2)28-22-11-10-21(17-6-7-17)29-26(22)32(24)25/h8-11,13,15,17,23H,3-7,12,14H2,1-2H3/t15?,23-/m0/s1. The molecule has 0 spiro atoms. The van der Waals surface area contributed by atoms with Crippen molar-refractivity contribution in [3.63, 3.8) is 0 Å². The topological polar surface area (TPSA) is 83.7 Å². The van der Waals surface area contributed by atoms with Crippen LogP contribution in [0.15, 0.2) is 30.3 Å². The van der Waals surface area contributed by atoms with Gasteiger partial charge in [0.2, 0.25) is 0 Å². The molecule has 35 heavy (non-hydrogen) atoms. The zero-order chi connectivity index (χ0) is 23.9. The van der Waals surface area contributed by atoms with Crippen molar-refractivity contribution in [2.45, 2.75) is 64.3 Å². The van der Waals surface area contributed by atoms with E-state index in [4.69, 9.17) is 35.8 Å². The van der Waals surface area contributed by atoms with Crippen LogP contribution in [0.3, 0.4) is 0 Å². The minimum absolute atomic E-state index is 0.103. The van der Waals surface area contributed by atoms with E-state index in [2.05, 4.69) is 16.3 Å². The second kappa shape index (κ2) is 9.33. The van der Waals surface area contributed by atoms with Gasteiger partial charge in [-0.05, 0) is 76.3 Å². The second-order valence-electron chi connectivity index (χ2n) is 9.43. The average molecular weight is 494 g/mol. The SMILES string of the molecule is Cc1nc2ccc(C3CC3)nc2n2c(-c3cc(OCC(C)O[C@H]4CCCCO4)ccc3Cl)nnc12. The highest BCUT2D eigenvalue weighted by molar-refractivity contribution is 6.33. The Morgan fingerprint density at radius 3 is 2.77 bits per heavy atom. The highest BCUT2D eigenvalue weighted by Crippen LogP contribution is 2.40. The lowest BCUT2D eigenvalue weighted by atomic mass is 10.2. The van der Waals surface area contributed by atoms with Gasteiger partial charge in [0.15, 0.2) is 23.4 Å². The first kappa shape index (κ1) is 22.6. The van der Waals surface area contributed by atoms with E-state index < -0.39 is 0 Å². The summed E-state index contributed by atoms with van der Waals surface area (Å²) in [5, 5.41) is 9.48. The first-order valence-corrected chi connectivity index (χ1v) is 12.7. The van der Waals surface area contributed by atoms with Crippen molar-refractivity contribution in [1.29, 1.82) is 0 Å². The number of aryl methyl sites for hydroxylation is 1. The van der Waals surface area contributed by atoms with Gasteiger partial charge in [0.25, 0.3) is 0 Å². The van der Waals surface area contributed by atoms with Crippen LogP contribution in [0.25, 0.3) is 28.2 Å². The Hall–Kier alpha value is -2.81. The summed E-state index contributed by atoms with van der Waals surface area (Å²) < 4.78 is 19.7. The molecule has 1 unspecified atom stereocenters. The third kappa shape index (κ3) is 4.58. The fraction of sp³-hybridized carbons (Fsp3) is 0.462. The Kier molecular flexibility index (Phi) is 6.04. The van der Waals surface area contributed by atoms with E-state index >= 15 is 0 Å². The molecule has 6 rings (SSSR count). The number of halogens is 1. The van der Waals surface area contributed by atoms with Crippen LogP contribution in [0.2, 0.25) is 5.02 Å². The highest BCUT2D eigenvalue weighted by Gasteiger charge is 2.26. The van der Waals surface area contributed by atoms with Gasteiger partial charge in [-0.2, -0.15) is 0 Å². The van der Waals surface area contributed by atoms with Crippen LogP contribution in [0.4, 0.5) is 0 Å². The molecule has 2 fully saturated rings. The molecular weight excluding hydrogens is 466 g/mol. The Labute approximate surface area is 208 Å². The van der Waals surface area contributed by atoms with E-state index in [0.717, 1.165) is 54.0 Å². The molecule has 4 aromatic rings. The van der Waals surface area contributed by atoms with E-state index in [1.807, 2.05) is 42.5 Å². The number of ether oxygens (including phenoxy) is 3. The van der Waals surface area contributed by atoms with Crippen LogP contribution in [0.1, 0.15) is 56.3 Å². The molecule has 182 valence electrons. The summed E-state index contributed by atoms with van der Waals surface area (Å²) >= 11 is 6.65. The maximum Gasteiger partial charge on any atom is 0.184 e. The van der Waals surface area contributed by atoms with Crippen molar-refractivity contribution >= 4 is 28.4 Å². The Bertz CT molecular complexity index is 1380. The minimum atomic E-state index is -0.149. The number of rotatable bonds is 7. The average Bonchev–Trinajstić information content (AvgIpc) is 3.62. The lowest BCUT2D eigenvalue weighted by Gasteiger charge is -2.26. The van der Waals surface area contributed by atoms with Crippen LogP contribution in [-0.4, -0.2) is 50.2 Å². The molecule has 0 N–H and O–H groups in total. The number of hydrogen-bond acceptors (Lipinski definition) is 7. The third-order valence-corrected chi connectivity index (χ3v) is 6.87. The van der Waals surface area contributed by atoms with Gasteiger partial charge in [0, 0.05) is 23.8 Å². The van der Waals surface area contributed by atoms with Crippen LogP contribution in [0, 0.1) is 6.92 Å². The molecule has 3 aromatic heterocycles. The number of pyridine rings is 1. The molecule has 0 radical (unpaired) electrons. The van der Waals surface area contributed by atoms with E-state index in [1.165, 1.54) is 12.8 Å². The number of nitrogens with zero attached hydrogens (tertiary/aromatic N) is 5. The molecule has 0 bridgehead atoms. The Morgan fingerprint density at radius 1 is 1.09 bits per heavy atom. The quantitative estimate of drug-likeness (QED) is 0.336. The summed E-state index contributed by atoms with van der Waals surface area (Å²) in [6.45, 7) is 5.08. The predicted molar refractivity (Wildman–Crippen MR) is 133 cm³/mol. The summed E-state index contributed by atoms with van der Waals surface area (Å²) in [4.78, 5) is 9.65. The van der Waals surface area contributed by atoms with Gasteiger partial charge in [-0.1, -0.05) is 11.6 Å². The molecule has 9 heteroatoms. The van der Waals surface area contributed by atoms with E-state index in [9.17, 15) is 0 Å². The fourth-order valence-corrected chi connectivity index (χ4v) is 4.74. The van der Waals surface area contributed by atoms with Gasteiger partial charge in [0.05, 0.1) is 16.8 Å². The second-order valence-corrected chi connectivity index (χ2v) is 9.84. The van der Waals surface area contributed by atoms with Gasteiger partial charge >= 0.3 is 0 Å². The van der Waals surface area contributed by atoms with Crippen LogP contribution in [-0.2, 0) is 9.47 Å². The van der Waals surface area contributed by atoms with Gasteiger partial charge in [-0.25, -0.2) is 9.97 Å². The number of fused-ring (bicyclic) bond motifs is 3. The largest absolute Gasteiger partial charge is 0.491 e. The summed E-state index contributed by atoms with van der Waals surface area (Å²) in [5.41, 5.74) is 4.82. The van der Waals surface area contributed by atoms with Gasteiger partial charge in [-0.15, -0.1) is 10.2 Å². The summed E-state index contributed by atoms with van der Waals surface area (Å²) in [6.07, 6.45) is 5.25. The Balaban J connectivity index is 1.31. The Morgan fingerprint density at radius 2 is 1.97 bits per heavy atom. The van der Waals surface area contributed by atoms with Crippen molar-refractivity contribution in [1.82, 2.24) is 24.6 Å². The van der Waals surface area contributed by atoms with Crippen molar-refractivity contribution in [2.24, 2.45) is 0 Å². The molecule has 1 saturated carbocycles. The maximum atomic E-state index is 6.65. The van der Waals surface area contributed by atoms with Gasteiger partial charge < -0.3 is 14.2 Å². The smallest absolute Gasteiger partial charge is 0.184 e. The van der Waals surface area contributed by atoms with Gasteiger partial charge in [0.1, 0.15) is 17.9 Å². The third-order valence-electron chi connectivity index (χ3n) is 6.54. The maximum absolute atomic E-state index is 6.65.